The standard InChI is InChI=1S/C18H28N4O5S/c1-21(2)10-6-9-19-17(23)18(24)20-14-7-8-15(16(13-14)27-3)22-11-4-5-12-28(22,25)26/h7-8,13H,4-6,9-12H2,1-3H3,(H,19,23)(H,20,24). The average molecular weight is 413 g/mol. The molecular weight excluding hydrogens is 384 g/mol. The lowest BCUT2D eigenvalue weighted by molar-refractivity contribution is -0.136. The van der Waals surface area contributed by atoms with Gasteiger partial charge in [-0.15, -0.1) is 0 Å². The first kappa shape index (κ1) is 22.0. The highest BCUT2D eigenvalue weighted by Gasteiger charge is 2.28. The number of hydrogen-bond acceptors (Lipinski definition) is 6. The second-order valence-electron chi connectivity index (χ2n) is 6.85. The Kier molecular flexibility index (Phi) is 7.64. The minimum absolute atomic E-state index is 0.0998. The van der Waals surface area contributed by atoms with E-state index in [9.17, 15) is 18.0 Å². The molecule has 0 saturated carbocycles. The Hall–Kier alpha value is -2.33. The van der Waals surface area contributed by atoms with Crippen molar-refractivity contribution in [3.8, 4) is 5.75 Å². The molecule has 10 heteroatoms. The van der Waals surface area contributed by atoms with Crippen molar-refractivity contribution in [2.24, 2.45) is 0 Å². The summed E-state index contributed by atoms with van der Waals surface area (Å²) in [5.74, 6) is -1.09. The number of benzene rings is 1. The molecule has 2 amide bonds. The fourth-order valence-corrected chi connectivity index (χ4v) is 4.53. The lowest BCUT2D eigenvalue weighted by Gasteiger charge is -2.29. The van der Waals surface area contributed by atoms with Gasteiger partial charge in [0.2, 0.25) is 10.0 Å². The van der Waals surface area contributed by atoms with Crippen LogP contribution in [0.5, 0.6) is 5.75 Å². The van der Waals surface area contributed by atoms with Crippen molar-refractivity contribution >= 4 is 33.2 Å². The van der Waals surface area contributed by atoms with Gasteiger partial charge in [0.15, 0.2) is 0 Å². The molecule has 1 aromatic rings. The number of rotatable bonds is 7. The lowest BCUT2D eigenvalue weighted by Crippen LogP contribution is -2.38. The molecule has 28 heavy (non-hydrogen) atoms. The Bertz CT molecular complexity index is 810. The van der Waals surface area contributed by atoms with Crippen molar-refractivity contribution < 1.29 is 22.7 Å². The second kappa shape index (κ2) is 9.74. The van der Waals surface area contributed by atoms with Gasteiger partial charge >= 0.3 is 11.8 Å². The zero-order valence-electron chi connectivity index (χ0n) is 16.5. The highest BCUT2D eigenvalue weighted by Crippen LogP contribution is 2.34. The Labute approximate surface area is 166 Å². The van der Waals surface area contributed by atoms with Gasteiger partial charge in [-0.05, 0) is 52.0 Å². The van der Waals surface area contributed by atoms with Gasteiger partial charge in [-0.1, -0.05) is 0 Å². The summed E-state index contributed by atoms with van der Waals surface area (Å²) in [6, 6.07) is 4.64. The predicted molar refractivity (Wildman–Crippen MR) is 108 cm³/mol. The fraction of sp³-hybridized carbons (Fsp3) is 0.556. The lowest BCUT2D eigenvalue weighted by atomic mass is 10.2. The van der Waals surface area contributed by atoms with E-state index in [1.807, 2.05) is 19.0 Å². The maximum absolute atomic E-state index is 12.3. The smallest absolute Gasteiger partial charge is 0.313 e. The Balaban J connectivity index is 2.03. The van der Waals surface area contributed by atoms with Gasteiger partial charge < -0.3 is 20.3 Å². The maximum atomic E-state index is 12.3. The molecule has 156 valence electrons. The molecule has 0 atom stereocenters. The summed E-state index contributed by atoms with van der Waals surface area (Å²) in [5.41, 5.74) is 0.775. The van der Waals surface area contributed by atoms with E-state index in [4.69, 9.17) is 4.74 Å². The van der Waals surface area contributed by atoms with Gasteiger partial charge in [0.1, 0.15) is 5.75 Å². The molecule has 0 bridgehead atoms. The van der Waals surface area contributed by atoms with E-state index in [1.165, 1.54) is 17.5 Å². The van der Waals surface area contributed by atoms with Crippen molar-refractivity contribution in [3.05, 3.63) is 18.2 Å². The van der Waals surface area contributed by atoms with Gasteiger partial charge in [0, 0.05) is 24.8 Å². The zero-order chi connectivity index (χ0) is 20.7. The number of hydrogen-bond donors (Lipinski definition) is 2. The van der Waals surface area contributed by atoms with Crippen molar-refractivity contribution in [1.29, 1.82) is 0 Å². The van der Waals surface area contributed by atoms with Crippen LogP contribution in [0, 0.1) is 0 Å². The molecular formula is C18H28N4O5S. The number of carbonyl (C=O) groups is 2. The van der Waals surface area contributed by atoms with E-state index < -0.39 is 21.8 Å². The van der Waals surface area contributed by atoms with Crippen LogP contribution in [0.2, 0.25) is 0 Å². The molecule has 1 aliphatic rings. The normalized spacial score (nSPS) is 15.9. The quantitative estimate of drug-likeness (QED) is 0.502. The number of anilines is 2. The topological polar surface area (TPSA) is 108 Å². The summed E-state index contributed by atoms with van der Waals surface area (Å²) in [5, 5.41) is 5.07. The van der Waals surface area contributed by atoms with Crippen LogP contribution in [0.3, 0.4) is 0 Å². The van der Waals surface area contributed by atoms with Gasteiger partial charge in [-0.2, -0.15) is 0 Å². The van der Waals surface area contributed by atoms with Gasteiger partial charge in [-0.25, -0.2) is 8.42 Å². The molecule has 1 fully saturated rings. The summed E-state index contributed by atoms with van der Waals surface area (Å²) in [6.45, 7) is 1.60. The average Bonchev–Trinajstić information content (AvgIpc) is 2.64. The number of nitrogens with zero attached hydrogens (tertiary/aromatic N) is 2. The van der Waals surface area contributed by atoms with Crippen LogP contribution >= 0.6 is 0 Å². The van der Waals surface area contributed by atoms with Gasteiger partial charge in [-0.3, -0.25) is 13.9 Å². The van der Waals surface area contributed by atoms with Gasteiger partial charge in [0.05, 0.1) is 18.6 Å². The molecule has 0 unspecified atom stereocenters. The number of amides is 2. The monoisotopic (exact) mass is 412 g/mol. The minimum Gasteiger partial charge on any atom is -0.494 e. The molecule has 1 aliphatic heterocycles. The summed E-state index contributed by atoms with van der Waals surface area (Å²) >= 11 is 0. The molecule has 0 spiro atoms. The van der Waals surface area contributed by atoms with Crippen LogP contribution < -0.4 is 19.7 Å². The minimum atomic E-state index is -3.38. The zero-order valence-corrected chi connectivity index (χ0v) is 17.3. The summed E-state index contributed by atoms with van der Waals surface area (Å²) < 4.78 is 31.3. The van der Waals surface area contributed by atoms with E-state index in [0.717, 1.165) is 19.4 Å². The maximum Gasteiger partial charge on any atom is 0.313 e. The van der Waals surface area contributed by atoms with Crippen molar-refractivity contribution in [2.75, 3.05) is 56.2 Å². The van der Waals surface area contributed by atoms with Crippen LogP contribution in [0.25, 0.3) is 0 Å². The van der Waals surface area contributed by atoms with E-state index in [0.29, 0.717) is 36.6 Å². The number of methoxy groups -OCH3 is 1. The largest absolute Gasteiger partial charge is 0.494 e. The van der Waals surface area contributed by atoms with Crippen LogP contribution in [0.4, 0.5) is 11.4 Å². The fourth-order valence-electron chi connectivity index (χ4n) is 2.89. The number of ether oxygens (including phenoxy) is 1. The Morgan fingerprint density at radius 3 is 2.61 bits per heavy atom. The summed E-state index contributed by atoms with van der Waals surface area (Å²) in [7, 11) is 1.91. The molecule has 0 radical (unpaired) electrons. The summed E-state index contributed by atoms with van der Waals surface area (Å²) in [6.07, 6.45) is 2.15. The SMILES string of the molecule is COc1cc(NC(=O)C(=O)NCCCN(C)C)ccc1N1CCCCS1(=O)=O. The third-order valence-electron chi connectivity index (χ3n) is 4.33. The van der Waals surface area contributed by atoms with Crippen molar-refractivity contribution in [1.82, 2.24) is 10.2 Å². The van der Waals surface area contributed by atoms with Gasteiger partial charge in [0.25, 0.3) is 0 Å². The Morgan fingerprint density at radius 1 is 1.21 bits per heavy atom. The van der Waals surface area contributed by atoms with Crippen LogP contribution in [-0.4, -0.2) is 71.7 Å². The molecule has 1 heterocycles. The van der Waals surface area contributed by atoms with Crippen molar-refractivity contribution in [2.45, 2.75) is 19.3 Å². The highest BCUT2D eigenvalue weighted by atomic mass is 32.2. The summed E-state index contributed by atoms with van der Waals surface area (Å²) in [4.78, 5) is 25.9. The van der Waals surface area contributed by atoms with Crippen LogP contribution in [-0.2, 0) is 19.6 Å². The van der Waals surface area contributed by atoms with Crippen molar-refractivity contribution in [3.63, 3.8) is 0 Å². The third-order valence-corrected chi connectivity index (χ3v) is 6.18. The van der Waals surface area contributed by atoms with E-state index in [1.54, 1.807) is 12.1 Å². The van der Waals surface area contributed by atoms with Crippen LogP contribution in [0.15, 0.2) is 18.2 Å². The van der Waals surface area contributed by atoms with Crippen LogP contribution in [0.1, 0.15) is 19.3 Å². The molecule has 1 aromatic carbocycles. The first-order valence-electron chi connectivity index (χ1n) is 9.17. The molecule has 0 aliphatic carbocycles. The van der Waals surface area contributed by atoms with E-state index in [-0.39, 0.29) is 5.75 Å². The number of nitrogens with one attached hydrogen (secondary N) is 2. The second-order valence-corrected chi connectivity index (χ2v) is 8.86. The molecule has 2 N–H and O–H groups in total. The predicted octanol–water partition coefficient (Wildman–Crippen LogP) is 0.632. The highest BCUT2D eigenvalue weighted by molar-refractivity contribution is 7.92. The first-order chi connectivity index (χ1) is 13.2. The van der Waals surface area contributed by atoms with E-state index in [2.05, 4.69) is 10.6 Å². The number of sulfonamides is 1. The molecule has 0 aromatic heterocycles. The molecule has 9 nitrogen and oxygen atoms in total. The third kappa shape index (κ3) is 5.83. The molecule has 1 saturated heterocycles. The number of carbonyl (C=O) groups excluding carboxylic acids is 2. The molecule has 2 rings (SSSR count). The first-order valence-corrected chi connectivity index (χ1v) is 10.8. The Morgan fingerprint density at radius 2 is 1.96 bits per heavy atom. The van der Waals surface area contributed by atoms with E-state index >= 15 is 0 Å².